The molecule has 1 unspecified atom stereocenters. The van der Waals surface area contributed by atoms with Gasteiger partial charge in [0, 0.05) is 3.57 Å². The Labute approximate surface area is 137 Å². The first-order chi connectivity index (χ1) is 7.04. The van der Waals surface area contributed by atoms with Gasteiger partial charge in [0.1, 0.15) is 5.75 Å². The number of thiol groups is 1. The van der Waals surface area contributed by atoms with Crippen molar-refractivity contribution < 1.29 is 4.74 Å². The summed E-state index contributed by atoms with van der Waals surface area (Å²) < 4.78 is 9.41. The number of hydrogen-bond acceptors (Lipinski definition) is 2. The molecule has 0 spiro atoms. The Hall–Kier alpha value is 1.56. The monoisotopic (exact) mass is 560 g/mol. The van der Waals surface area contributed by atoms with Crippen molar-refractivity contribution in [1.82, 2.24) is 0 Å². The summed E-state index contributed by atoms with van der Waals surface area (Å²) in [4.78, 5) is 0. The smallest absolute Gasteiger partial charge is 0.146 e. The maximum atomic E-state index is 5.81. The van der Waals surface area contributed by atoms with Crippen LogP contribution in [-0.4, -0.2) is 12.4 Å². The van der Waals surface area contributed by atoms with E-state index in [1.165, 1.54) is 10.7 Å². The summed E-state index contributed by atoms with van der Waals surface area (Å²) in [7, 11) is 0. The van der Waals surface area contributed by atoms with Crippen LogP contribution in [0.15, 0.2) is 12.1 Å². The average molecular weight is 560 g/mol. The minimum absolute atomic E-state index is 0.485. The molecule has 0 N–H and O–H groups in total. The summed E-state index contributed by atoms with van der Waals surface area (Å²) in [5.74, 6) is 2.35. The number of ether oxygens (including phenoxy) is 1. The lowest BCUT2D eigenvalue weighted by Crippen LogP contribution is -2.11. The Morgan fingerprint density at radius 3 is 2.27 bits per heavy atom. The maximum absolute atomic E-state index is 5.81. The zero-order valence-electron chi connectivity index (χ0n) is 8.14. The summed E-state index contributed by atoms with van der Waals surface area (Å²) in [5, 5.41) is 0. The zero-order valence-corrected chi connectivity index (χ0v) is 15.5. The molecule has 1 rings (SSSR count). The second-order valence-electron chi connectivity index (χ2n) is 3.30. The van der Waals surface area contributed by atoms with Crippen molar-refractivity contribution in [2.45, 2.75) is 6.92 Å². The minimum atomic E-state index is 0.485. The summed E-state index contributed by atoms with van der Waals surface area (Å²) >= 11 is 11.2. The van der Waals surface area contributed by atoms with E-state index in [1.54, 1.807) is 0 Å². The van der Waals surface area contributed by atoms with Crippen molar-refractivity contribution in [2.24, 2.45) is 5.92 Å². The van der Waals surface area contributed by atoms with Gasteiger partial charge in [-0.1, -0.05) is 6.92 Å². The summed E-state index contributed by atoms with van der Waals surface area (Å²) in [6.07, 6.45) is 0. The van der Waals surface area contributed by atoms with E-state index in [4.69, 9.17) is 4.74 Å². The lowest BCUT2D eigenvalue weighted by Gasteiger charge is -2.13. The molecule has 0 aliphatic rings. The molecule has 0 bridgehead atoms. The van der Waals surface area contributed by atoms with Gasteiger partial charge in [0.2, 0.25) is 0 Å². The van der Waals surface area contributed by atoms with Crippen molar-refractivity contribution in [3.8, 4) is 5.75 Å². The fourth-order valence-corrected chi connectivity index (χ4v) is 4.94. The molecule has 1 aromatic rings. The van der Waals surface area contributed by atoms with E-state index in [1.807, 2.05) is 0 Å². The highest BCUT2D eigenvalue weighted by Crippen LogP contribution is 2.29. The summed E-state index contributed by atoms with van der Waals surface area (Å²) in [6, 6.07) is 4.26. The lowest BCUT2D eigenvalue weighted by molar-refractivity contribution is 0.270. The predicted molar refractivity (Wildman–Crippen MR) is 93.1 cm³/mol. The van der Waals surface area contributed by atoms with Crippen LogP contribution in [0.5, 0.6) is 5.75 Å². The highest BCUT2D eigenvalue weighted by atomic mass is 127. The molecule has 0 aliphatic carbocycles. The fourth-order valence-electron chi connectivity index (χ4n) is 0.945. The molecule has 0 aromatic heterocycles. The second-order valence-corrected chi connectivity index (χ2v) is 7.23. The van der Waals surface area contributed by atoms with E-state index in [2.05, 4.69) is 99.5 Å². The van der Waals surface area contributed by atoms with Gasteiger partial charge in [0.15, 0.2) is 0 Å². The van der Waals surface area contributed by atoms with Crippen molar-refractivity contribution in [2.75, 3.05) is 12.4 Å². The molecule has 0 heterocycles. The Kier molecular flexibility index (Phi) is 6.92. The molecule has 1 atom stereocenters. The largest absolute Gasteiger partial charge is 0.491 e. The number of benzene rings is 1. The molecular formula is C10H11I3OS. The van der Waals surface area contributed by atoms with Crippen LogP contribution in [0.25, 0.3) is 0 Å². The van der Waals surface area contributed by atoms with Crippen LogP contribution in [-0.2, 0) is 0 Å². The van der Waals surface area contributed by atoms with Crippen LogP contribution in [0.4, 0.5) is 0 Å². The van der Waals surface area contributed by atoms with Gasteiger partial charge >= 0.3 is 0 Å². The van der Waals surface area contributed by atoms with E-state index in [0.717, 1.165) is 18.1 Å². The lowest BCUT2D eigenvalue weighted by atomic mass is 10.2. The van der Waals surface area contributed by atoms with E-state index in [0.29, 0.717) is 5.92 Å². The van der Waals surface area contributed by atoms with Crippen LogP contribution < -0.4 is 4.74 Å². The molecule has 1 nitrogen and oxygen atoms in total. The van der Waals surface area contributed by atoms with E-state index in [9.17, 15) is 0 Å². The topological polar surface area (TPSA) is 9.23 Å². The molecule has 0 saturated carbocycles. The highest BCUT2D eigenvalue weighted by Gasteiger charge is 2.09. The molecule has 0 aliphatic heterocycles. The van der Waals surface area contributed by atoms with Gasteiger partial charge in [-0.15, -0.1) is 0 Å². The maximum Gasteiger partial charge on any atom is 0.146 e. The molecule has 0 saturated heterocycles. The third-order valence-electron chi connectivity index (χ3n) is 1.79. The van der Waals surface area contributed by atoms with Gasteiger partial charge in [-0.3, -0.25) is 0 Å². The molecule has 0 amide bonds. The van der Waals surface area contributed by atoms with E-state index >= 15 is 0 Å². The third kappa shape index (κ3) is 4.74. The zero-order chi connectivity index (χ0) is 11.4. The van der Waals surface area contributed by atoms with Crippen LogP contribution in [0, 0.1) is 16.6 Å². The van der Waals surface area contributed by atoms with E-state index < -0.39 is 0 Å². The normalized spacial score (nSPS) is 12.6. The number of rotatable bonds is 4. The highest BCUT2D eigenvalue weighted by molar-refractivity contribution is 14.1. The van der Waals surface area contributed by atoms with Crippen molar-refractivity contribution in [3.05, 3.63) is 22.8 Å². The van der Waals surface area contributed by atoms with Gasteiger partial charge in [-0.05, 0) is 91.6 Å². The molecule has 5 heteroatoms. The molecule has 0 fully saturated rings. The second kappa shape index (κ2) is 7.10. The SMILES string of the molecule is CC(CS)COc1c(I)cc(I)cc1I. The van der Waals surface area contributed by atoms with Crippen LogP contribution in [0.3, 0.4) is 0 Å². The summed E-state index contributed by atoms with van der Waals surface area (Å²) in [6.45, 7) is 2.87. The molecule has 84 valence electrons. The third-order valence-corrected chi connectivity index (χ3v) is 4.64. The molecular weight excluding hydrogens is 549 g/mol. The summed E-state index contributed by atoms with van der Waals surface area (Å²) in [5.41, 5.74) is 0. The molecule has 0 radical (unpaired) electrons. The Bertz CT molecular complexity index is 320. The Morgan fingerprint density at radius 1 is 1.27 bits per heavy atom. The van der Waals surface area contributed by atoms with Gasteiger partial charge < -0.3 is 4.74 Å². The van der Waals surface area contributed by atoms with Crippen LogP contribution >= 0.6 is 80.4 Å². The molecule has 1 aromatic carbocycles. The van der Waals surface area contributed by atoms with Gasteiger partial charge in [-0.2, -0.15) is 12.6 Å². The first-order valence-electron chi connectivity index (χ1n) is 4.42. The van der Waals surface area contributed by atoms with Gasteiger partial charge in [-0.25, -0.2) is 0 Å². The van der Waals surface area contributed by atoms with Crippen molar-refractivity contribution >= 4 is 80.4 Å². The van der Waals surface area contributed by atoms with E-state index in [-0.39, 0.29) is 0 Å². The number of hydrogen-bond donors (Lipinski definition) is 1. The fraction of sp³-hybridized carbons (Fsp3) is 0.400. The Balaban J connectivity index is 2.77. The number of halogens is 3. The van der Waals surface area contributed by atoms with Gasteiger partial charge in [0.25, 0.3) is 0 Å². The quantitative estimate of drug-likeness (QED) is 0.424. The predicted octanol–water partition coefficient (Wildman–Crippen LogP) is 4.45. The van der Waals surface area contributed by atoms with Crippen LogP contribution in [0.2, 0.25) is 0 Å². The van der Waals surface area contributed by atoms with Crippen LogP contribution in [0.1, 0.15) is 6.92 Å². The molecule has 15 heavy (non-hydrogen) atoms. The Morgan fingerprint density at radius 2 is 1.80 bits per heavy atom. The minimum Gasteiger partial charge on any atom is -0.491 e. The van der Waals surface area contributed by atoms with Crippen molar-refractivity contribution in [1.29, 1.82) is 0 Å². The first kappa shape index (κ1) is 14.6. The standard InChI is InChI=1S/C10H11I3OS/c1-6(5-15)4-14-10-8(12)2-7(11)3-9(10)13/h2-3,6,15H,4-5H2,1H3. The first-order valence-corrected chi connectivity index (χ1v) is 8.29. The van der Waals surface area contributed by atoms with Crippen molar-refractivity contribution in [3.63, 3.8) is 0 Å². The van der Waals surface area contributed by atoms with Gasteiger partial charge in [0.05, 0.1) is 13.7 Å². The average Bonchev–Trinajstić information content (AvgIpc) is 2.15.